The monoisotopic (exact) mass is 326 g/mol. The second-order valence-corrected chi connectivity index (χ2v) is 6.16. The lowest BCUT2D eigenvalue weighted by Gasteiger charge is -2.20. The fourth-order valence-electron chi connectivity index (χ4n) is 3.05. The van der Waals surface area contributed by atoms with Crippen LogP contribution in [0.1, 0.15) is 36.0 Å². The number of rotatable bonds is 3. The number of anilines is 1. The van der Waals surface area contributed by atoms with Gasteiger partial charge in [0, 0.05) is 18.8 Å². The molecular weight excluding hydrogens is 304 g/mol. The van der Waals surface area contributed by atoms with Crippen molar-refractivity contribution in [3.63, 3.8) is 0 Å². The van der Waals surface area contributed by atoms with Crippen molar-refractivity contribution in [3.05, 3.63) is 42.0 Å². The number of hydrogen-bond donors (Lipinski definition) is 1. The molecule has 0 saturated carbocycles. The van der Waals surface area contributed by atoms with Crippen LogP contribution in [0.2, 0.25) is 0 Å². The van der Waals surface area contributed by atoms with Gasteiger partial charge in [-0.05, 0) is 35.7 Å². The molecule has 2 aromatic carbocycles. The number of carbonyl (C=O) groups excluding carboxylic acids is 2. The Morgan fingerprint density at radius 2 is 1.62 bits per heavy atom. The Labute approximate surface area is 141 Å². The molecule has 2 N–H and O–H groups in total. The van der Waals surface area contributed by atoms with Crippen molar-refractivity contribution in [2.45, 2.75) is 25.7 Å². The highest BCUT2D eigenvalue weighted by atomic mass is 16.5. The van der Waals surface area contributed by atoms with E-state index in [-0.39, 0.29) is 12.5 Å². The first-order valence-electron chi connectivity index (χ1n) is 8.38. The SMILES string of the molecule is Nc1cc2ccccc2cc1C(=O)OCC(=O)N1CCCCCC1. The molecule has 0 aliphatic carbocycles. The van der Waals surface area contributed by atoms with Gasteiger partial charge in [0.05, 0.1) is 5.56 Å². The van der Waals surface area contributed by atoms with E-state index in [0.29, 0.717) is 11.3 Å². The summed E-state index contributed by atoms with van der Waals surface area (Å²) in [4.78, 5) is 26.3. The number of carbonyl (C=O) groups is 2. The van der Waals surface area contributed by atoms with Crippen LogP contribution in [-0.2, 0) is 9.53 Å². The molecule has 126 valence electrons. The van der Waals surface area contributed by atoms with Crippen LogP contribution in [-0.4, -0.2) is 36.5 Å². The minimum Gasteiger partial charge on any atom is -0.452 e. The van der Waals surface area contributed by atoms with Gasteiger partial charge in [0.15, 0.2) is 6.61 Å². The van der Waals surface area contributed by atoms with E-state index in [1.54, 1.807) is 17.0 Å². The van der Waals surface area contributed by atoms with E-state index in [4.69, 9.17) is 10.5 Å². The lowest BCUT2D eigenvalue weighted by atomic mass is 10.1. The number of amides is 1. The molecule has 1 fully saturated rings. The zero-order valence-corrected chi connectivity index (χ0v) is 13.7. The third-order valence-corrected chi connectivity index (χ3v) is 4.42. The Bertz CT molecular complexity index is 749. The van der Waals surface area contributed by atoms with Crippen LogP contribution in [0.4, 0.5) is 5.69 Å². The molecule has 1 heterocycles. The first-order chi connectivity index (χ1) is 11.6. The highest BCUT2D eigenvalue weighted by molar-refractivity contribution is 6.01. The Balaban J connectivity index is 1.66. The van der Waals surface area contributed by atoms with Gasteiger partial charge in [0.2, 0.25) is 0 Å². The smallest absolute Gasteiger partial charge is 0.340 e. The fraction of sp³-hybridized carbons (Fsp3) is 0.368. The average Bonchev–Trinajstić information content (AvgIpc) is 2.88. The number of esters is 1. The van der Waals surface area contributed by atoms with Crippen molar-refractivity contribution in [1.82, 2.24) is 4.90 Å². The summed E-state index contributed by atoms with van der Waals surface area (Å²) >= 11 is 0. The van der Waals surface area contributed by atoms with Gasteiger partial charge >= 0.3 is 5.97 Å². The van der Waals surface area contributed by atoms with Crippen molar-refractivity contribution in [3.8, 4) is 0 Å². The summed E-state index contributed by atoms with van der Waals surface area (Å²) in [6.07, 6.45) is 4.32. The van der Waals surface area contributed by atoms with E-state index < -0.39 is 5.97 Å². The second kappa shape index (κ2) is 7.34. The van der Waals surface area contributed by atoms with Gasteiger partial charge in [0.25, 0.3) is 5.91 Å². The molecular formula is C19H22N2O3. The summed E-state index contributed by atoms with van der Waals surface area (Å²) in [5, 5.41) is 1.88. The standard InChI is InChI=1S/C19H22N2O3/c20-17-12-15-8-4-3-7-14(15)11-16(17)19(23)24-13-18(22)21-9-5-1-2-6-10-21/h3-4,7-8,11-12H,1-2,5-6,9-10,13,20H2. The third kappa shape index (κ3) is 3.67. The van der Waals surface area contributed by atoms with E-state index >= 15 is 0 Å². The van der Waals surface area contributed by atoms with E-state index in [2.05, 4.69) is 0 Å². The minimum absolute atomic E-state index is 0.135. The number of nitrogens with zero attached hydrogens (tertiary/aromatic N) is 1. The molecule has 5 nitrogen and oxygen atoms in total. The summed E-state index contributed by atoms with van der Waals surface area (Å²) < 4.78 is 5.20. The van der Waals surface area contributed by atoms with Crippen LogP contribution in [0.3, 0.4) is 0 Å². The molecule has 0 unspecified atom stereocenters. The zero-order chi connectivity index (χ0) is 16.9. The molecule has 0 atom stereocenters. The number of hydrogen-bond acceptors (Lipinski definition) is 4. The van der Waals surface area contributed by atoms with Crippen molar-refractivity contribution >= 4 is 28.3 Å². The highest BCUT2D eigenvalue weighted by Crippen LogP contribution is 2.22. The number of likely N-dealkylation sites (tertiary alicyclic amines) is 1. The van der Waals surface area contributed by atoms with Gasteiger partial charge in [-0.3, -0.25) is 4.79 Å². The molecule has 5 heteroatoms. The Morgan fingerprint density at radius 1 is 1.00 bits per heavy atom. The molecule has 1 amide bonds. The highest BCUT2D eigenvalue weighted by Gasteiger charge is 2.19. The molecule has 24 heavy (non-hydrogen) atoms. The summed E-state index contributed by atoms with van der Waals surface area (Å²) in [5.74, 6) is -0.689. The van der Waals surface area contributed by atoms with Gasteiger partial charge in [-0.15, -0.1) is 0 Å². The van der Waals surface area contributed by atoms with Crippen LogP contribution in [0.5, 0.6) is 0 Å². The Morgan fingerprint density at radius 3 is 2.29 bits per heavy atom. The van der Waals surface area contributed by atoms with Crippen LogP contribution in [0.25, 0.3) is 10.8 Å². The zero-order valence-electron chi connectivity index (χ0n) is 13.7. The van der Waals surface area contributed by atoms with Crippen molar-refractivity contribution in [2.75, 3.05) is 25.4 Å². The maximum atomic E-state index is 12.3. The number of fused-ring (bicyclic) bond motifs is 1. The van der Waals surface area contributed by atoms with E-state index in [0.717, 1.165) is 49.5 Å². The average molecular weight is 326 g/mol. The van der Waals surface area contributed by atoms with E-state index in [1.807, 2.05) is 24.3 Å². The van der Waals surface area contributed by atoms with Crippen LogP contribution in [0, 0.1) is 0 Å². The third-order valence-electron chi connectivity index (χ3n) is 4.42. The molecule has 0 bridgehead atoms. The molecule has 2 aromatic rings. The number of benzene rings is 2. The number of nitrogens with two attached hydrogens (primary N) is 1. The molecule has 0 spiro atoms. The maximum absolute atomic E-state index is 12.3. The predicted molar refractivity (Wildman–Crippen MR) is 93.7 cm³/mol. The van der Waals surface area contributed by atoms with Crippen molar-refractivity contribution < 1.29 is 14.3 Å². The maximum Gasteiger partial charge on any atom is 0.340 e. The van der Waals surface area contributed by atoms with E-state index in [9.17, 15) is 9.59 Å². The lowest BCUT2D eigenvalue weighted by molar-refractivity contribution is -0.134. The van der Waals surface area contributed by atoms with Crippen LogP contribution < -0.4 is 5.73 Å². The fourth-order valence-corrected chi connectivity index (χ4v) is 3.05. The lowest BCUT2D eigenvalue weighted by Crippen LogP contribution is -2.35. The summed E-state index contributed by atoms with van der Waals surface area (Å²) in [6.45, 7) is 1.26. The predicted octanol–water partition coefficient (Wildman–Crippen LogP) is 2.98. The summed E-state index contributed by atoms with van der Waals surface area (Å²) in [7, 11) is 0. The Hall–Kier alpha value is -2.56. The molecule has 1 aliphatic rings. The van der Waals surface area contributed by atoms with E-state index in [1.165, 1.54) is 0 Å². The van der Waals surface area contributed by atoms with Gasteiger partial charge in [0.1, 0.15) is 0 Å². The number of ether oxygens (including phenoxy) is 1. The topological polar surface area (TPSA) is 72.6 Å². The van der Waals surface area contributed by atoms with Crippen LogP contribution >= 0.6 is 0 Å². The van der Waals surface area contributed by atoms with Gasteiger partial charge in [-0.1, -0.05) is 37.1 Å². The normalized spacial score (nSPS) is 15.1. The second-order valence-electron chi connectivity index (χ2n) is 6.16. The Kier molecular flexibility index (Phi) is 4.99. The first-order valence-corrected chi connectivity index (χ1v) is 8.38. The quantitative estimate of drug-likeness (QED) is 0.695. The van der Waals surface area contributed by atoms with Gasteiger partial charge in [-0.2, -0.15) is 0 Å². The van der Waals surface area contributed by atoms with Crippen molar-refractivity contribution in [1.29, 1.82) is 0 Å². The summed E-state index contributed by atoms with van der Waals surface area (Å²) in [6, 6.07) is 11.1. The molecule has 1 saturated heterocycles. The van der Waals surface area contributed by atoms with Gasteiger partial charge < -0.3 is 15.4 Å². The van der Waals surface area contributed by atoms with Gasteiger partial charge in [-0.25, -0.2) is 4.79 Å². The van der Waals surface area contributed by atoms with Crippen LogP contribution in [0.15, 0.2) is 36.4 Å². The van der Waals surface area contributed by atoms with Crippen molar-refractivity contribution in [2.24, 2.45) is 0 Å². The molecule has 0 aromatic heterocycles. The summed E-state index contributed by atoms with van der Waals surface area (Å²) in [5.41, 5.74) is 6.63. The molecule has 1 aliphatic heterocycles. The molecule has 3 rings (SSSR count). The minimum atomic E-state index is -0.554. The number of nitrogen functional groups attached to an aromatic ring is 1. The first kappa shape index (κ1) is 16.3. The molecule has 0 radical (unpaired) electrons. The largest absolute Gasteiger partial charge is 0.452 e.